The first kappa shape index (κ1) is 18.1. The van der Waals surface area contributed by atoms with Gasteiger partial charge in [-0.25, -0.2) is 9.97 Å². The van der Waals surface area contributed by atoms with Crippen molar-refractivity contribution in [3.8, 4) is 5.75 Å². The van der Waals surface area contributed by atoms with Gasteiger partial charge in [0.1, 0.15) is 11.4 Å². The van der Waals surface area contributed by atoms with Crippen molar-refractivity contribution in [3.05, 3.63) is 42.2 Å². The van der Waals surface area contributed by atoms with Gasteiger partial charge in [0, 0.05) is 11.9 Å². The smallest absolute Gasteiger partial charge is 0.433 e. The van der Waals surface area contributed by atoms with E-state index in [4.69, 9.17) is 4.74 Å². The topological polar surface area (TPSA) is 64.1 Å². The number of alkyl halides is 3. The standard InChI is InChI=1S/C15H14F3N3O2S/c1-2-23-11-5-3-10(4-6-11)20-13(22)9-24-14-19-8-7-12(21-14)15(16,17)18/h3-8H,2,9H2,1H3,(H,20,22). The Balaban J connectivity index is 1.89. The van der Waals surface area contributed by atoms with Gasteiger partial charge in [0.05, 0.1) is 12.4 Å². The molecule has 0 saturated heterocycles. The molecule has 5 nitrogen and oxygen atoms in total. The minimum atomic E-state index is -4.54. The quantitative estimate of drug-likeness (QED) is 0.632. The van der Waals surface area contributed by atoms with E-state index in [-0.39, 0.29) is 16.8 Å². The second kappa shape index (κ2) is 8.00. The summed E-state index contributed by atoms with van der Waals surface area (Å²) in [5.74, 6) is 0.210. The second-order valence-electron chi connectivity index (χ2n) is 4.52. The average molecular weight is 357 g/mol. The molecule has 2 aromatic rings. The molecule has 2 rings (SSSR count). The van der Waals surface area contributed by atoms with Crippen molar-refractivity contribution in [2.45, 2.75) is 18.3 Å². The number of carbonyl (C=O) groups is 1. The Morgan fingerprint density at radius 1 is 1.25 bits per heavy atom. The van der Waals surface area contributed by atoms with Crippen molar-refractivity contribution < 1.29 is 22.7 Å². The zero-order valence-corrected chi connectivity index (χ0v) is 13.4. The normalized spacial score (nSPS) is 11.2. The fraction of sp³-hybridized carbons (Fsp3) is 0.267. The molecule has 0 radical (unpaired) electrons. The lowest BCUT2D eigenvalue weighted by molar-refractivity contribution is -0.141. The lowest BCUT2D eigenvalue weighted by Crippen LogP contribution is -2.14. The van der Waals surface area contributed by atoms with E-state index in [9.17, 15) is 18.0 Å². The van der Waals surface area contributed by atoms with E-state index in [1.54, 1.807) is 24.3 Å². The predicted molar refractivity (Wildman–Crippen MR) is 84.0 cm³/mol. The van der Waals surface area contributed by atoms with Crippen LogP contribution in [0.15, 0.2) is 41.7 Å². The maximum atomic E-state index is 12.6. The molecule has 1 amide bonds. The Hall–Kier alpha value is -2.29. The van der Waals surface area contributed by atoms with Gasteiger partial charge in [-0.3, -0.25) is 4.79 Å². The molecular weight excluding hydrogens is 343 g/mol. The van der Waals surface area contributed by atoms with Crippen LogP contribution in [0.4, 0.5) is 18.9 Å². The summed E-state index contributed by atoms with van der Waals surface area (Å²) in [6.45, 7) is 2.40. The van der Waals surface area contributed by atoms with Crippen LogP contribution in [-0.4, -0.2) is 28.2 Å². The van der Waals surface area contributed by atoms with Crippen LogP contribution in [0.3, 0.4) is 0 Å². The van der Waals surface area contributed by atoms with Gasteiger partial charge in [-0.2, -0.15) is 13.2 Å². The average Bonchev–Trinajstić information content (AvgIpc) is 2.55. The summed E-state index contributed by atoms with van der Waals surface area (Å²) in [6.07, 6.45) is -3.52. The number of ether oxygens (including phenoxy) is 1. The highest BCUT2D eigenvalue weighted by Crippen LogP contribution is 2.28. The number of hydrogen-bond donors (Lipinski definition) is 1. The number of benzene rings is 1. The molecule has 9 heteroatoms. The molecule has 0 saturated carbocycles. The Kier molecular flexibility index (Phi) is 6.02. The zero-order chi connectivity index (χ0) is 17.6. The number of carbonyl (C=O) groups excluding carboxylic acids is 1. The molecule has 1 heterocycles. The van der Waals surface area contributed by atoms with Crippen LogP contribution in [0.2, 0.25) is 0 Å². The highest BCUT2D eigenvalue weighted by Gasteiger charge is 2.32. The first-order valence-electron chi connectivity index (χ1n) is 6.94. The zero-order valence-electron chi connectivity index (χ0n) is 12.6. The fourth-order valence-corrected chi connectivity index (χ4v) is 2.33. The minimum absolute atomic E-state index is 0.103. The summed E-state index contributed by atoms with van der Waals surface area (Å²) in [4.78, 5) is 18.9. The number of anilines is 1. The van der Waals surface area contributed by atoms with E-state index in [1.165, 1.54) is 0 Å². The molecule has 0 aliphatic carbocycles. The van der Waals surface area contributed by atoms with E-state index in [2.05, 4.69) is 15.3 Å². The Morgan fingerprint density at radius 2 is 1.96 bits per heavy atom. The Morgan fingerprint density at radius 3 is 2.58 bits per heavy atom. The largest absolute Gasteiger partial charge is 0.494 e. The van der Waals surface area contributed by atoms with Gasteiger partial charge in [-0.15, -0.1) is 0 Å². The number of rotatable bonds is 6. The molecule has 0 fully saturated rings. The van der Waals surface area contributed by atoms with Crippen molar-refractivity contribution in [2.75, 3.05) is 17.7 Å². The summed E-state index contributed by atoms with van der Waals surface area (Å²) in [7, 11) is 0. The monoisotopic (exact) mass is 357 g/mol. The van der Waals surface area contributed by atoms with Crippen LogP contribution in [0.1, 0.15) is 12.6 Å². The van der Waals surface area contributed by atoms with Crippen molar-refractivity contribution in [2.24, 2.45) is 0 Å². The molecule has 0 bridgehead atoms. The molecule has 24 heavy (non-hydrogen) atoms. The van der Waals surface area contributed by atoms with Gasteiger partial charge in [0.25, 0.3) is 0 Å². The molecule has 0 unspecified atom stereocenters. The van der Waals surface area contributed by atoms with Gasteiger partial charge < -0.3 is 10.1 Å². The SMILES string of the molecule is CCOc1ccc(NC(=O)CSc2nccc(C(F)(F)F)n2)cc1. The molecule has 0 aliphatic rings. The fourth-order valence-electron chi connectivity index (χ4n) is 1.70. The number of amides is 1. The third kappa shape index (κ3) is 5.41. The van der Waals surface area contributed by atoms with Crippen molar-refractivity contribution in [1.82, 2.24) is 9.97 Å². The molecule has 0 aliphatic heterocycles. The number of aromatic nitrogens is 2. The number of nitrogens with one attached hydrogen (secondary N) is 1. The third-order valence-electron chi connectivity index (χ3n) is 2.71. The summed E-state index contributed by atoms with van der Waals surface area (Å²) in [5.41, 5.74) is -0.471. The van der Waals surface area contributed by atoms with E-state index in [1.807, 2.05) is 6.92 Å². The van der Waals surface area contributed by atoms with E-state index >= 15 is 0 Å². The minimum Gasteiger partial charge on any atom is -0.494 e. The van der Waals surface area contributed by atoms with Gasteiger partial charge in [0.2, 0.25) is 5.91 Å². The summed E-state index contributed by atoms with van der Waals surface area (Å²) in [6, 6.07) is 7.55. The maximum absolute atomic E-state index is 12.6. The molecule has 0 atom stereocenters. The number of thioether (sulfide) groups is 1. The third-order valence-corrected chi connectivity index (χ3v) is 3.57. The second-order valence-corrected chi connectivity index (χ2v) is 5.46. The first-order chi connectivity index (χ1) is 11.4. The molecule has 0 spiro atoms. The van der Waals surface area contributed by atoms with Gasteiger partial charge >= 0.3 is 6.18 Å². The number of nitrogens with zero attached hydrogens (tertiary/aromatic N) is 2. The van der Waals surface area contributed by atoms with E-state index in [0.717, 1.165) is 24.0 Å². The molecular formula is C15H14F3N3O2S. The summed E-state index contributed by atoms with van der Waals surface area (Å²) < 4.78 is 42.9. The summed E-state index contributed by atoms with van der Waals surface area (Å²) >= 11 is 0.830. The van der Waals surface area contributed by atoms with E-state index in [0.29, 0.717) is 18.0 Å². The first-order valence-corrected chi connectivity index (χ1v) is 7.93. The van der Waals surface area contributed by atoms with Gasteiger partial charge in [-0.1, -0.05) is 11.8 Å². The molecule has 1 N–H and O–H groups in total. The van der Waals surface area contributed by atoms with Crippen molar-refractivity contribution >= 4 is 23.4 Å². The molecule has 128 valence electrons. The van der Waals surface area contributed by atoms with Crippen LogP contribution >= 0.6 is 11.8 Å². The Labute approximate surface area is 140 Å². The van der Waals surface area contributed by atoms with Crippen LogP contribution in [0.5, 0.6) is 5.75 Å². The highest BCUT2D eigenvalue weighted by molar-refractivity contribution is 7.99. The lowest BCUT2D eigenvalue weighted by Gasteiger charge is -2.08. The van der Waals surface area contributed by atoms with Gasteiger partial charge in [0.15, 0.2) is 5.16 Å². The van der Waals surface area contributed by atoms with Crippen molar-refractivity contribution in [3.63, 3.8) is 0 Å². The molecule has 1 aromatic heterocycles. The van der Waals surface area contributed by atoms with E-state index < -0.39 is 11.9 Å². The van der Waals surface area contributed by atoms with Crippen LogP contribution in [0, 0.1) is 0 Å². The predicted octanol–water partition coefficient (Wildman–Crippen LogP) is 3.62. The maximum Gasteiger partial charge on any atom is 0.433 e. The number of halogens is 3. The molecule has 1 aromatic carbocycles. The van der Waals surface area contributed by atoms with Gasteiger partial charge in [-0.05, 0) is 37.3 Å². The summed E-state index contributed by atoms with van der Waals surface area (Å²) in [5, 5.41) is 2.53. The number of hydrogen-bond acceptors (Lipinski definition) is 5. The van der Waals surface area contributed by atoms with Crippen LogP contribution < -0.4 is 10.1 Å². The van der Waals surface area contributed by atoms with Crippen LogP contribution in [0.25, 0.3) is 0 Å². The van der Waals surface area contributed by atoms with Crippen molar-refractivity contribution in [1.29, 1.82) is 0 Å². The highest BCUT2D eigenvalue weighted by atomic mass is 32.2. The lowest BCUT2D eigenvalue weighted by atomic mass is 10.3. The van der Waals surface area contributed by atoms with Crippen LogP contribution in [-0.2, 0) is 11.0 Å². The Bertz CT molecular complexity index is 693.